The Labute approximate surface area is 89.1 Å². The van der Waals surface area contributed by atoms with E-state index in [9.17, 15) is 0 Å². The minimum Gasteiger partial charge on any atom is -0.497 e. The number of benzene rings is 1. The van der Waals surface area contributed by atoms with Gasteiger partial charge in [0.25, 0.3) is 0 Å². The molecule has 0 bridgehead atoms. The van der Waals surface area contributed by atoms with Crippen LogP contribution in [-0.2, 0) is 0 Å². The van der Waals surface area contributed by atoms with Crippen LogP contribution in [0, 0.1) is 0 Å². The lowest BCUT2D eigenvalue weighted by atomic mass is 10.2. The summed E-state index contributed by atoms with van der Waals surface area (Å²) in [6.07, 6.45) is 2.34. The molecule has 0 saturated heterocycles. The van der Waals surface area contributed by atoms with Crippen LogP contribution in [0.5, 0.6) is 5.75 Å². The molecule has 0 heterocycles. The molecule has 0 spiro atoms. The molecule has 4 nitrogen and oxygen atoms in total. The van der Waals surface area contributed by atoms with Gasteiger partial charge in [-0.1, -0.05) is 0 Å². The molecule has 4 heteroatoms. The van der Waals surface area contributed by atoms with Crippen LogP contribution in [0.4, 0.5) is 0 Å². The molecule has 2 rings (SSSR count). The van der Waals surface area contributed by atoms with E-state index in [2.05, 4.69) is 10.4 Å². The first-order valence-electron chi connectivity index (χ1n) is 5.02. The summed E-state index contributed by atoms with van der Waals surface area (Å²) in [7, 11) is 1.65. The molecular weight excluding hydrogens is 190 g/mol. The van der Waals surface area contributed by atoms with Crippen LogP contribution >= 0.6 is 0 Å². The van der Waals surface area contributed by atoms with E-state index in [4.69, 9.17) is 10.6 Å². The maximum Gasteiger partial charge on any atom is 0.142 e. The fourth-order valence-electron chi connectivity index (χ4n) is 1.33. The summed E-state index contributed by atoms with van der Waals surface area (Å²) >= 11 is 0. The first kappa shape index (κ1) is 9.98. The van der Waals surface area contributed by atoms with E-state index in [1.165, 1.54) is 12.8 Å². The number of hydrogen-bond donors (Lipinski definition) is 2. The average Bonchev–Trinajstić information content (AvgIpc) is 3.10. The van der Waals surface area contributed by atoms with Crippen molar-refractivity contribution < 1.29 is 4.74 Å². The van der Waals surface area contributed by atoms with E-state index in [-0.39, 0.29) is 0 Å². The summed E-state index contributed by atoms with van der Waals surface area (Å²) in [6.45, 7) is 0. The zero-order chi connectivity index (χ0) is 10.7. The Morgan fingerprint density at radius 1 is 1.40 bits per heavy atom. The van der Waals surface area contributed by atoms with Crippen molar-refractivity contribution in [2.24, 2.45) is 10.8 Å². The van der Waals surface area contributed by atoms with E-state index in [0.29, 0.717) is 6.04 Å². The van der Waals surface area contributed by atoms with Gasteiger partial charge in [-0.3, -0.25) is 4.99 Å². The van der Waals surface area contributed by atoms with Crippen molar-refractivity contribution in [1.29, 1.82) is 0 Å². The van der Waals surface area contributed by atoms with Crippen LogP contribution in [0.25, 0.3) is 0 Å². The van der Waals surface area contributed by atoms with E-state index >= 15 is 0 Å². The maximum atomic E-state index is 5.44. The lowest BCUT2D eigenvalue weighted by Gasteiger charge is -2.06. The predicted molar refractivity (Wildman–Crippen MR) is 59.9 cm³/mol. The lowest BCUT2D eigenvalue weighted by Crippen LogP contribution is -2.31. The molecule has 1 saturated carbocycles. The molecule has 1 aliphatic rings. The van der Waals surface area contributed by atoms with Crippen molar-refractivity contribution in [1.82, 2.24) is 5.43 Å². The van der Waals surface area contributed by atoms with Gasteiger partial charge in [-0.2, -0.15) is 0 Å². The molecule has 0 aliphatic heterocycles. The quantitative estimate of drug-likeness (QED) is 0.336. The monoisotopic (exact) mass is 205 g/mol. The summed E-state index contributed by atoms with van der Waals surface area (Å²) in [5.41, 5.74) is 3.63. The Balaban J connectivity index is 2.18. The van der Waals surface area contributed by atoms with Gasteiger partial charge in [0.05, 0.1) is 13.2 Å². The Kier molecular flexibility index (Phi) is 2.87. The molecule has 1 aromatic rings. The minimum absolute atomic E-state index is 0.457. The third-order valence-electron chi connectivity index (χ3n) is 2.36. The second-order valence-electron chi connectivity index (χ2n) is 3.58. The molecule has 0 unspecified atom stereocenters. The van der Waals surface area contributed by atoms with Crippen molar-refractivity contribution in [3.8, 4) is 5.75 Å². The third kappa shape index (κ3) is 2.47. The highest BCUT2D eigenvalue weighted by molar-refractivity contribution is 5.98. The summed E-state index contributed by atoms with van der Waals surface area (Å²) in [4.78, 5) is 4.47. The van der Waals surface area contributed by atoms with Crippen molar-refractivity contribution in [3.63, 3.8) is 0 Å². The molecule has 1 aliphatic carbocycles. The summed E-state index contributed by atoms with van der Waals surface area (Å²) in [5.74, 6) is 7.02. The third-order valence-corrected chi connectivity index (χ3v) is 2.36. The fraction of sp³-hybridized carbons (Fsp3) is 0.364. The van der Waals surface area contributed by atoms with E-state index in [1.54, 1.807) is 7.11 Å². The van der Waals surface area contributed by atoms with Crippen LogP contribution in [0.1, 0.15) is 18.4 Å². The minimum atomic E-state index is 0.457. The number of amidine groups is 1. The Bertz CT molecular complexity index is 355. The summed E-state index contributed by atoms with van der Waals surface area (Å²) in [5, 5.41) is 0. The predicted octanol–water partition coefficient (Wildman–Crippen LogP) is 1.07. The molecule has 1 fully saturated rings. The molecule has 0 radical (unpaired) electrons. The highest BCUT2D eigenvalue weighted by atomic mass is 16.5. The first-order valence-corrected chi connectivity index (χ1v) is 5.02. The number of ether oxygens (including phenoxy) is 1. The molecule has 3 N–H and O–H groups in total. The smallest absolute Gasteiger partial charge is 0.142 e. The van der Waals surface area contributed by atoms with Gasteiger partial charge in [0.1, 0.15) is 11.6 Å². The highest BCUT2D eigenvalue weighted by Gasteiger charge is 2.21. The average molecular weight is 205 g/mol. The van der Waals surface area contributed by atoms with Crippen LogP contribution in [0.15, 0.2) is 29.3 Å². The standard InChI is InChI=1S/C11H15N3O/c1-15-10-6-2-8(3-7-10)11(14-12)13-9-4-5-9/h2-3,6-7,9H,4-5,12H2,1H3,(H,13,14). The van der Waals surface area contributed by atoms with Gasteiger partial charge in [0.15, 0.2) is 0 Å². The van der Waals surface area contributed by atoms with Crippen molar-refractivity contribution in [2.75, 3.05) is 7.11 Å². The fourth-order valence-corrected chi connectivity index (χ4v) is 1.33. The zero-order valence-electron chi connectivity index (χ0n) is 8.73. The SMILES string of the molecule is COc1ccc(C(=NC2CC2)NN)cc1. The highest BCUT2D eigenvalue weighted by Crippen LogP contribution is 2.24. The molecule has 0 aromatic heterocycles. The van der Waals surface area contributed by atoms with Gasteiger partial charge >= 0.3 is 0 Å². The summed E-state index contributed by atoms with van der Waals surface area (Å²) in [6, 6.07) is 8.14. The van der Waals surface area contributed by atoms with Crippen molar-refractivity contribution >= 4 is 5.84 Å². The number of hydrogen-bond acceptors (Lipinski definition) is 3. The van der Waals surface area contributed by atoms with Crippen molar-refractivity contribution in [2.45, 2.75) is 18.9 Å². The lowest BCUT2D eigenvalue weighted by molar-refractivity contribution is 0.415. The molecule has 0 atom stereocenters. The molecule has 0 amide bonds. The van der Waals surface area contributed by atoms with Crippen LogP contribution in [-0.4, -0.2) is 19.0 Å². The number of aliphatic imine (C=N–C) groups is 1. The van der Waals surface area contributed by atoms with Crippen LogP contribution in [0.2, 0.25) is 0 Å². The Morgan fingerprint density at radius 3 is 2.53 bits per heavy atom. The van der Waals surface area contributed by atoms with Gasteiger partial charge < -0.3 is 10.2 Å². The maximum absolute atomic E-state index is 5.44. The van der Waals surface area contributed by atoms with Gasteiger partial charge in [0, 0.05) is 5.56 Å². The van der Waals surface area contributed by atoms with E-state index in [0.717, 1.165) is 17.1 Å². The van der Waals surface area contributed by atoms with Crippen molar-refractivity contribution in [3.05, 3.63) is 29.8 Å². The summed E-state index contributed by atoms with van der Waals surface area (Å²) < 4.78 is 5.08. The number of nitrogens with two attached hydrogens (primary N) is 1. The molecule has 80 valence electrons. The number of hydrazine groups is 1. The molecular formula is C11H15N3O. The topological polar surface area (TPSA) is 59.6 Å². The first-order chi connectivity index (χ1) is 7.33. The zero-order valence-corrected chi connectivity index (χ0v) is 8.73. The molecule has 1 aromatic carbocycles. The number of nitrogens with one attached hydrogen (secondary N) is 1. The second kappa shape index (κ2) is 4.31. The van der Waals surface area contributed by atoms with E-state index < -0.39 is 0 Å². The van der Waals surface area contributed by atoms with Gasteiger partial charge in [-0.15, -0.1) is 0 Å². The van der Waals surface area contributed by atoms with Gasteiger partial charge in [-0.25, -0.2) is 5.84 Å². The number of rotatable bonds is 3. The number of nitrogens with zero attached hydrogens (tertiary/aromatic N) is 1. The number of methoxy groups -OCH3 is 1. The molecule has 15 heavy (non-hydrogen) atoms. The largest absolute Gasteiger partial charge is 0.497 e. The van der Waals surface area contributed by atoms with Gasteiger partial charge in [-0.05, 0) is 37.1 Å². The van der Waals surface area contributed by atoms with Gasteiger partial charge in [0.2, 0.25) is 0 Å². The van der Waals surface area contributed by atoms with E-state index in [1.807, 2.05) is 24.3 Å². The van der Waals surface area contributed by atoms with Crippen LogP contribution in [0.3, 0.4) is 0 Å². The Morgan fingerprint density at radius 2 is 2.07 bits per heavy atom. The second-order valence-corrected chi connectivity index (χ2v) is 3.58. The normalized spacial score (nSPS) is 16.3. The Hall–Kier alpha value is -1.55. The van der Waals surface area contributed by atoms with Crippen LogP contribution < -0.4 is 16.0 Å².